The molecule has 1 atom stereocenters. The molecule has 0 amide bonds. The van der Waals surface area contributed by atoms with Gasteiger partial charge in [-0.3, -0.25) is 0 Å². The van der Waals surface area contributed by atoms with Gasteiger partial charge in [-0.2, -0.15) is 0 Å². The SMILES string of the molecule is CCCNC(CC)CN1CCC(C)CC1. The molecular weight excluding hydrogens is 184 g/mol. The van der Waals surface area contributed by atoms with Gasteiger partial charge in [-0.25, -0.2) is 0 Å². The van der Waals surface area contributed by atoms with Crippen LogP contribution in [0.3, 0.4) is 0 Å². The molecule has 0 bridgehead atoms. The van der Waals surface area contributed by atoms with Crippen LogP contribution >= 0.6 is 0 Å². The van der Waals surface area contributed by atoms with Gasteiger partial charge in [0.05, 0.1) is 0 Å². The van der Waals surface area contributed by atoms with Crippen LogP contribution in [0.4, 0.5) is 0 Å². The number of likely N-dealkylation sites (tertiary alicyclic amines) is 1. The van der Waals surface area contributed by atoms with E-state index < -0.39 is 0 Å². The summed E-state index contributed by atoms with van der Waals surface area (Å²) in [5.41, 5.74) is 0. The van der Waals surface area contributed by atoms with E-state index in [-0.39, 0.29) is 0 Å². The number of nitrogens with one attached hydrogen (secondary N) is 1. The lowest BCUT2D eigenvalue weighted by molar-refractivity contribution is 0.173. The van der Waals surface area contributed by atoms with Crippen molar-refractivity contribution in [2.45, 2.75) is 52.5 Å². The second-order valence-corrected chi connectivity index (χ2v) is 5.04. The predicted molar refractivity (Wildman–Crippen MR) is 67.2 cm³/mol. The van der Waals surface area contributed by atoms with Crippen LogP contribution in [-0.2, 0) is 0 Å². The summed E-state index contributed by atoms with van der Waals surface area (Å²) in [6.07, 6.45) is 5.29. The highest BCUT2D eigenvalue weighted by Gasteiger charge is 2.17. The summed E-state index contributed by atoms with van der Waals surface area (Å²) >= 11 is 0. The molecule has 2 heteroatoms. The summed E-state index contributed by atoms with van der Waals surface area (Å²) < 4.78 is 0. The van der Waals surface area contributed by atoms with Gasteiger partial charge in [0.15, 0.2) is 0 Å². The van der Waals surface area contributed by atoms with Crippen LogP contribution in [0, 0.1) is 5.92 Å². The molecule has 0 aromatic carbocycles. The lowest BCUT2D eigenvalue weighted by Crippen LogP contribution is -2.44. The van der Waals surface area contributed by atoms with E-state index in [1.807, 2.05) is 0 Å². The van der Waals surface area contributed by atoms with Crippen LogP contribution in [-0.4, -0.2) is 37.1 Å². The minimum atomic E-state index is 0.707. The fourth-order valence-electron chi connectivity index (χ4n) is 2.24. The molecule has 1 unspecified atom stereocenters. The fraction of sp³-hybridized carbons (Fsp3) is 1.00. The van der Waals surface area contributed by atoms with Crippen molar-refractivity contribution in [2.75, 3.05) is 26.2 Å². The summed E-state index contributed by atoms with van der Waals surface area (Å²) in [7, 11) is 0. The van der Waals surface area contributed by atoms with E-state index in [2.05, 4.69) is 31.0 Å². The molecule has 0 radical (unpaired) electrons. The van der Waals surface area contributed by atoms with Crippen LogP contribution < -0.4 is 5.32 Å². The zero-order valence-electron chi connectivity index (χ0n) is 10.8. The first-order chi connectivity index (χ1) is 7.26. The summed E-state index contributed by atoms with van der Waals surface area (Å²) in [6, 6.07) is 0.707. The maximum absolute atomic E-state index is 3.64. The fourth-order valence-corrected chi connectivity index (χ4v) is 2.24. The van der Waals surface area contributed by atoms with E-state index in [0.29, 0.717) is 6.04 Å². The Morgan fingerprint density at radius 3 is 2.47 bits per heavy atom. The largest absolute Gasteiger partial charge is 0.313 e. The average Bonchev–Trinajstić information content (AvgIpc) is 2.27. The third kappa shape index (κ3) is 4.98. The highest BCUT2D eigenvalue weighted by molar-refractivity contribution is 4.75. The minimum absolute atomic E-state index is 0.707. The standard InChI is InChI=1S/C13H28N2/c1-4-8-14-13(5-2)11-15-9-6-12(3)7-10-15/h12-14H,4-11H2,1-3H3. The molecule has 15 heavy (non-hydrogen) atoms. The Morgan fingerprint density at radius 1 is 1.27 bits per heavy atom. The molecule has 1 heterocycles. The number of hydrogen-bond acceptors (Lipinski definition) is 2. The van der Waals surface area contributed by atoms with Crippen molar-refractivity contribution < 1.29 is 0 Å². The van der Waals surface area contributed by atoms with Crippen molar-refractivity contribution in [1.29, 1.82) is 0 Å². The Labute approximate surface area is 95.4 Å². The van der Waals surface area contributed by atoms with Crippen molar-refractivity contribution in [2.24, 2.45) is 5.92 Å². The zero-order valence-corrected chi connectivity index (χ0v) is 10.8. The second-order valence-electron chi connectivity index (χ2n) is 5.04. The molecule has 1 N–H and O–H groups in total. The second kappa shape index (κ2) is 7.24. The van der Waals surface area contributed by atoms with Crippen LogP contribution in [0.1, 0.15) is 46.5 Å². The first-order valence-corrected chi connectivity index (χ1v) is 6.72. The highest BCUT2D eigenvalue weighted by atomic mass is 15.2. The first kappa shape index (κ1) is 13.0. The summed E-state index contributed by atoms with van der Waals surface area (Å²) in [5, 5.41) is 3.64. The Balaban J connectivity index is 2.19. The lowest BCUT2D eigenvalue weighted by atomic mass is 9.99. The zero-order chi connectivity index (χ0) is 11.1. The average molecular weight is 212 g/mol. The number of hydrogen-bond donors (Lipinski definition) is 1. The third-order valence-corrected chi connectivity index (χ3v) is 3.53. The van der Waals surface area contributed by atoms with E-state index >= 15 is 0 Å². The van der Waals surface area contributed by atoms with Crippen LogP contribution in [0.2, 0.25) is 0 Å². The number of piperidine rings is 1. The van der Waals surface area contributed by atoms with Crippen LogP contribution in [0.15, 0.2) is 0 Å². The number of nitrogens with zero attached hydrogens (tertiary/aromatic N) is 1. The molecule has 0 spiro atoms. The van der Waals surface area contributed by atoms with Gasteiger partial charge in [0.2, 0.25) is 0 Å². The van der Waals surface area contributed by atoms with Gasteiger partial charge in [0.1, 0.15) is 0 Å². The first-order valence-electron chi connectivity index (χ1n) is 6.72. The molecule has 1 saturated heterocycles. The van der Waals surface area contributed by atoms with Crippen molar-refractivity contribution in [1.82, 2.24) is 10.2 Å². The van der Waals surface area contributed by atoms with Gasteiger partial charge >= 0.3 is 0 Å². The smallest absolute Gasteiger partial charge is 0.0192 e. The van der Waals surface area contributed by atoms with E-state index in [4.69, 9.17) is 0 Å². The molecule has 1 aliphatic rings. The minimum Gasteiger partial charge on any atom is -0.313 e. The molecule has 0 saturated carbocycles. The number of rotatable bonds is 6. The molecule has 0 aliphatic carbocycles. The Morgan fingerprint density at radius 2 is 1.93 bits per heavy atom. The van der Waals surface area contributed by atoms with E-state index in [1.54, 1.807) is 0 Å². The molecule has 90 valence electrons. The van der Waals surface area contributed by atoms with Crippen molar-refractivity contribution in [3.8, 4) is 0 Å². The molecule has 1 fully saturated rings. The quantitative estimate of drug-likeness (QED) is 0.728. The molecule has 1 rings (SSSR count). The molecule has 0 aromatic rings. The maximum atomic E-state index is 3.64. The van der Waals surface area contributed by atoms with E-state index in [1.165, 1.54) is 51.9 Å². The van der Waals surface area contributed by atoms with Crippen molar-refractivity contribution >= 4 is 0 Å². The Hall–Kier alpha value is -0.0800. The van der Waals surface area contributed by atoms with Gasteiger partial charge in [0.25, 0.3) is 0 Å². The summed E-state index contributed by atoms with van der Waals surface area (Å²) in [6.45, 7) is 12.0. The van der Waals surface area contributed by atoms with Gasteiger partial charge in [-0.15, -0.1) is 0 Å². The molecule has 0 aromatic heterocycles. The lowest BCUT2D eigenvalue weighted by Gasteiger charge is -2.33. The van der Waals surface area contributed by atoms with Crippen molar-refractivity contribution in [3.63, 3.8) is 0 Å². The van der Waals surface area contributed by atoms with Gasteiger partial charge in [0, 0.05) is 12.6 Å². The maximum Gasteiger partial charge on any atom is 0.0192 e. The van der Waals surface area contributed by atoms with E-state index in [9.17, 15) is 0 Å². The topological polar surface area (TPSA) is 15.3 Å². The van der Waals surface area contributed by atoms with Gasteiger partial charge in [-0.05, 0) is 51.2 Å². The summed E-state index contributed by atoms with van der Waals surface area (Å²) in [4.78, 5) is 2.64. The van der Waals surface area contributed by atoms with E-state index in [0.717, 1.165) is 5.92 Å². The third-order valence-electron chi connectivity index (χ3n) is 3.53. The van der Waals surface area contributed by atoms with Crippen LogP contribution in [0.5, 0.6) is 0 Å². The molecule has 1 aliphatic heterocycles. The Bertz CT molecular complexity index is 148. The van der Waals surface area contributed by atoms with Gasteiger partial charge < -0.3 is 10.2 Å². The van der Waals surface area contributed by atoms with Gasteiger partial charge in [-0.1, -0.05) is 20.8 Å². The normalized spacial score (nSPS) is 21.8. The van der Waals surface area contributed by atoms with Crippen molar-refractivity contribution in [3.05, 3.63) is 0 Å². The summed E-state index contributed by atoms with van der Waals surface area (Å²) in [5.74, 6) is 0.949. The molecular formula is C13H28N2. The van der Waals surface area contributed by atoms with Crippen LogP contribution in [0.25, 0.3) is 0 Å². The predicted octanol–water partition coefficient (Wildman–Crippen LogP) is 2.50. The monoisotopic (exact) mass is 212 g/mol. The molecule has 2 nitrogen and oxygen atoms in total. The Kier molecular flexibility index (Phi) is 6.26. The highest BCUT2D eigenvalue weighted by Crippen LogP contribution is 2.16.